The maximum absolute atomic E-state index is 9.26. The summed E-state index contributed by atoms with van der Waals surface area (Å²) in [5.41, 5.74) is 4.20. The summed E-state index contributed by atoms with van der Waals surface area (Å²) in [5.74, 6) is 0. The van der Waals surface area contributed by atoms with Crippen LogP contribution in [0, 0.1) is 11.3 Å². The Bertz CT molecular complexity index is 461. The molecule has 1 aromatic heterocycles. The normalized spacial score (nSPS) is 15.9. The average molecular weight is 228 g/mol. The predicted molar refractivity (Wildman–Crippen MR) is 68.9 cm³/mol. The van der Waals surface area contributed by atoms with Gasteiger partial charge in [0.25, 0.3) is 0 Å². The lowest BCUT2D eigenvalue weighted by molar-refractivity contribution is 0.562. The minimum absolute atomic E-state index is 0.0492. The Hall–Kier alpha value is -1.36. The van der Waals surface area contributed by atoms with E-state index in [0.717, 1.165) is 24.1 Å². The molecular formula is C15H20N2. The second kappa shape index (κ2) is 4.49. The molecule has 0 amide bonds. The first kappa shape index (κ1) is 12.1. The van der Waals surface area contributed by atoms with E-state index in [2.05, 4.69) is 32.9 Å². The number of hydrogen-bond donors (Lipinski definition) is 0. The molecule has 0 bridgehead atoms. The van der Waals surface area contributed by atoms with E-state index in [1.807, 2.05) is 0 Å². The number of nitriles is 1. The summed E-state index contributed by atoms with van der Waals surface area (Å²) in [6, 6.07) is 4.39. The molecule has 1 aromatic rings. The third-order valence-electron chi connectivity index (χ3n) is 3.38. The fourth-order valence-electron chi connectivity index (χ4n) is 2.47. The summed E-state index contributed by atoms with van der Waals surface area (Å²) in [4.78, 5) is 4.79. The molecule has 0 unspecified atom stereocenters. The second-order valence-corrected chi connectivity index (χ2v) is 5.91. The summed E-state index contributed by atoms with van der Waals surface area (Å²) in [5, 5.41) is 9.26. The highest BCUT2D eigenvalue weighted by atomic mass is 14.7. The molecule has 17 heavy (non-hydrogen) atoms. The van der Waals surface area contributed by atoms with E-state index in [1.165, 1.54) is 30.5 Å². The quantitative estimate of drug-likeness (QED) is 0.637. The van der Waals surface area contributed by atoms with Crippen molar-refractivity contribution in [3.63, 3.8) is 0 Å². The van der Waals surface area contributed by atoms with Crippen molar-refractivity contribution in [2.75, 3.05) is 0 Å². The van der Waals surface area contributed by atoms with Gasteiger partial charge >= 0.3 is 0 Å². The standard InChI is InChI=1S/C15H20N2/c1-15(2,3)14-12(10-16)9-11-7-5-4-6-8-13(11)17-14/h9H,4-8H2,1-3H3. The fraction of sp³-hybridized carbons (Fsp3) is 0.600. The zero-order chi connectivity index (χ0) is 12.5. The zero-order valence-electron chi connectivity index (χ0n) is 11.0. The van der Waals surface area contributed by atoms with Crippen LogP contribution in [-0.4, -0.2) is 4.98 Å². The molecule has 2 nitrogen and oxygen atoms in total. The Kier molecular flexibility index (Phi) is 3.19. The number of nitrogens with zero attached hydrogens (tertiary/aromatic N) is 2. The van der Waals surface area contributed by atoms with Crippen LogP contribution in [0.3, 0.4) is 0 Å². The van der Waals surface area contributed by atoms with E-state index in [4.69, 9.17) is 4.98 Å². The Morgan fingerprint density at radius 3 is 2.53 bits per heavy atom. The van der Waals surface area contributed by atoms with Gasteiger partial charge in [0.2, 0.25) is 0 Å². The van der Waals surface area contributed by atoms with Crippen molar-refractivity contribution in [1.82, 2.24) is 4.98 Å². The molecule has 0 saturated heterocycles. The Morgan fingerprint density at radius 1 is 1.18 bits per heavy atom. The van der Waals surface area contributed by atoms with Crippen molar-refractivity contribution in [2.45, 2.75) is 58.3 Å². The highest BCUT2D eigenvalue weighted by Gasteiger charge is 2.22. The second-order valence-electron chi connectivity index (χ2n) is 5.91. The SMILES string of the molecule is CC(C)(C)c1nc2c(cc1C#N)CCCCC2. The van der Waals surface area contributed by atoms with Crippen molar-refractivity contribution >= 4 is 0 Å². The smallest absolute Gasteiger partial charge is 0.101 e. The van der Waals surface area contributed by atoms with Gasteiger partial charge in [-0.15, -0.1) is 0 Å². The highest BCUT2D eigenvalue weighted by molar-refractivity contribution is 5.42. The van der Waals surface area contributed by atoms with Crippen LogP contribution in [0.2, 0.25) is 0 Å². The molecule has 2 rings (SSSR count). The van der Waals surface area contributed by atoms with Crippen LogP contribution in [-0.2, 0) is 18.3 Å². The molecule has 90 valence electrons. The van der Waals surface area contributed by atoms with Gasteiger partial charge in [0.15, 0.2) is 0 Å². The van der Waals surface area contributed by atoms with Crippen LogP contribution in [0.5, 0.6) is 0 Å². The molecule has 0 atom stereocenters. The molecule has 0 saturated carbocycles. The summed E-state index contributed by atoms with van der Waals surface area (Å²) >= 11 is 0. The van der Waals surface area contributed by atoms with Crippen LogP contribution in [0.15, 0.2) is 6.07 Å². The summed E-state index contributed by atoms with van der Waals surface area (Å²) in [6.07, 6.45) is 5.90. The highest BCUT2D eigenvalue weighted by Crippen LogP contribution is 2.28. The van der Waals surface area contributed by atoms with Gasteiger partial charge in [0, 0.05) is 11.1 Å². The number of rotatable bonds is 0. The lowest BCUT2D eigenvalue weighted by atomic mass is 9.87. The van der Waals surface area contributed by atoms with Gasteiger partial charge in [-0.1, -0.05) is 27.2 Å². The van der Waals surface area contributed by atoms with E-state index in [9.17, 15) is 5.26 Å². The van der Waals surface area contributed by atoms with E-state index >= 15 is 0 Å². The molecule has 1 aliphatic rings. The van der Waals surface area contributed by atoms with E-state index < -0.39 is 0 Å². The van der Waals surface area contributed by atoms with Crippen LogP contribution >= 0.6 is 0 Å². The molecule has 0 spiro atoms. The van der Waals surface area contributed by atoms with Crippen LogP contribution < -0.4 is 0 Å². The van der Waals surface area contributed by atoms with Crippen LogP contribution in [0.4, 0.5) is 0 Å². The zero-order valence-corrected chi connectivity index (χ0v) is 11.0. The summed E-state index contributed by atoms with van der Waals surface area (Å²) in [6.45, 7) is 6.37. The van der Waals surface area contributed by atoms with Gasteiger partial charge in [-0.05, 0) is 37.3 Å². The number of aryl methyl sites for hydroxylation is 2. The molecule has 0 N–H and O–H groups in total. The Morgan fingerprint density at radius 2 is 1.88 bits per heavy atom. The average Bonchev–Trinajstić information content (AvgIpc) is 2.50. The molecule has 0 fully saturated rings. The van der Waals surface area contributed by atoms with E-state index in [-0.39, 0.29) is 5.41 Å². The maximum Gasteiger partial charge on any atom is 0.101 e. The van der Waals surface area contributed by atoms with Crippen molar-refractivity contribution in [2.24, 2.45) is 0 Å². The number of aromatic nitrogens is 1. The molecule has 1 aliphatic carbocycles. The van der Waals surface area contributed by atoms with Gasteiger partial charge in [0.1, 0.15) is 6.07 Å². The summed E-state index contributed by atoms with van der Waals surface area (Å²) < 4.78 is 0. The van der Waals surface area contributed by atoms with Crippen molar-refractivity contribution in [3.05, 3.63) is 28.6 Å². The lowest BCUT2D eigenvalue weighted by Crippen LogP contribution is -2.17. The van der Waals surface area contributed by atoms with Crippen LogP contribution in [0.1, 0.15) is 62.5 Å². The fourth-order valence-corrected chi connectivity index (χ4v) is 2.47. The minimum Gasteiger partial charge on any atom is -0.256 e. The van der Waals surface area contributed by atoms with Gasteiger partial charge in [-0.2, -0.15) is 5.26 Å². The first-order chi connectivity index (χ1) is 8.02. The monoisotopic (exact) mass is 228 g/mol. The molecule has 1 heterocycles. The van der Waals surface area contributed by atoms with E-state index in [1.54, 1.807) is 0 Å². The first-order valence-electron chi connectivity index (χ1n) is 6.46. The maximum atomic E-state index is 9.26. The van der Waals surface area contributed by atoms with Gasteiger partial charge < -0.3 is 0 Å². The number of hydrogen-bond acceptors (Lipinski definition) is 2. The van der Waals surface area contributed by atoms with Crippen molar-refractivity contribution in [3.8, 4) is 6.07 Å². The molecular weight excluding hydrogens is 208 g/mol. The van der Waals surface area contributed by atoms with Crippen molar-refractivity contribution < 1.29 is 0 Å². The van der Waals surface area contributed by atoms with Gasteiger partial charge in [0.05, 0.1) is 11.3 Å². The lowest BCUT2D eigenvalue weighted by Gasteiger charge is -2.21. The van der Waals surface area contributed by atoms with Gasteiger partial charge in [-0.3, -0.25) is 4.98 Å². The van der Waals surface area contributed by atoms with Crippen molar-refractivity contribution in [1.29, 1.82) is 5.26 Å². The number of fused-ring (bicyclic) bond motifs is 1. The summed E-state index contributed by atoms with van der Waals surface area (Å²) in [7, 11) is 0. The van der Waals surface area contributed by atoms with Gasteiger partial charge in [-0.25, -0.2) is 0 Å². The topological polar surface area (TPSA) is 36.7 Å². The Labute approximate surface area is 104 Å². The molecule has 2 heteroatoms. The largest absolute Gasteiger partial charge is 0.256 e. The molecule has 0 radical (unpaired) electrons. The van der Waals surface area contributed by atoms with E-state index in [0.29, 0.717) is 0 Å². The molecule has 0 aliphatic heterocycles. The predicted octanol–water partition coefficient (Wildman–Crippen LogP) is 3.52. The first-order valence-corrected chi connectivity index (χ1v) is 6.46. The Balaban J connectivity index is 2.55. The number of pyridine rings is 1. The molecule has 0 aromatic carbocycles. The minimum atomic E-state index is -0.0492. The third kappa shape index (κ3) is 2.49. The van der Waals surface area contributed by atoms with Crippen LogP contribution in [0.25, 0.3) is 0 Å². The third-order valence-corrected chi connectivity index (χ3v) is 3.38.